The Morgan fingerprint density at radius 2 is 2.00 bits per heavy atom. The predicted molar refractivity (Wildman–Crippen MR) is 127 cm³/mol. The molecule has 1 aliphatic carbocycles. The zero-order chi connectivity index (χ0) is 21.4. The van der Waals surface area contributed by atoms with Crippen molar-refractivity contribution in [1.29, 1.82) is 0 Å². The summed E-state index contributed by atoms with van der Waals surface area (Å²) in [7, 11) is 4.21. The second kappa shape index (κ2) is 8.67. The van der Waals surface area contributed by atoms with Crippen LogP contribution in [0.5, 0.6) is 0 Å². The molecule has 2 fully saturated rings. The Morgan fingerprint density at radius 1 is 1.19 bits per heavy atom. The first kappa shape index (κ1) is 20.6. The lowest BCUT2D eigenvalue weighted by Gasteiger charge is -2.22. The SMILES string of the molecule is CN(C)Cc1cnc2nc(N3CCC[C@@H]3C(=O)CCc3ccccc3)sc2c1C1CC1. The number of aryl methyl sites for hydroxylation is 1. The third kappa shape index (κ3) is 4.37. The number of nitrogens with zero attached hydrogens (tertiary/aromatic N) is 4. The van der Waals surface area contributed by atoms with Gasteiger partial charge in [0.2, 0.25) is 0 Å². The fraction of sp³-hybridized carbons (Fsp3) is 0.480. The van der Waals surface area contributed by atoms with E-state index in [2.05, 4.69) is 36.0 Å². The van der Waals surface area contributed by atoms with E-state index in [0.717, 1.165) is 43.1 Å². The number of thiazole rings is 1. The van der Waals surface area contributed by atoms with Gasteiger partial charge in [-0.3, -0.25) is 4.79 Å². The zero-order valence-electron chi connectivity index (χ0n) is 18.4. The van der Waals surface area contributed by atoms with E-state index in [1.165, 1.54) is 34.2 Å². The van der Waals surface area contributed by atoms with E-state index in [4.69, 9.17) is 9.97 Å². The van der Waals surface area contributed by atoms with E-state index in [0.29, 0.717) is 18.1 Å². The maximum atomic E-state index is 13.1. The third-order valence-electron chi connectivity index (χ3n) is 6.38. The number of fused-ring (bicyclic) bond motifs is 1. The minimum atomic E-state index is -0.0464. The Kier molecular flexibility index (Phi) is 5.76. The van der Waals surface area contributed by atoms with Gasteiger partial charge in [-0.05, 0) is 68.8 Å². The van der Waals surface area contributed by atoms with Crippen molar-refractivity contribution < 1.29 is 4.79 Å². The van der Waals surface area contributed by atoms with Crippen LogP contribution in [0.1, 0.15) is 54.7 Å². The smallest absolute Gasteiger partial charge is 0.188 e. The second-order valence-corrected chi connectivity index (χ2v) is 10.1. The van der Waals surface area contributed by atoms with Crippen LogP contribution < -0.4 is 4.90 Å². The summed E-state index contributed by atoms with van der Waals surface area (Å²) >= 11 is 1.75. The molecule has 0 spiro atoms. The van der Waals surface area contributed by atoms with Crippen molar-refractivity contribution >= 4 is 32.6 Å². The number of ketones is 1. The first-order chi connectivity index (χ1) is 15.1. The molecule has 1 aliphatic heterocycles. The molecular weight excluding hydrogens is 404 g/mol. The molecule has 2 aliphatic rings. The highest BCUT2D eigenvalue weighted by atomic mass is 32.1. The van der Waals surface area contributed by atoms with E-state index >= 15 is 0 Å². The monoisotopic (exact) mass is 434 g/mol. The molecule has 3 aromatic rings. The number of carbonyl (C=O) groups is 1. The summed E-state index contributed by atoms with van der Waals surface area (Å²) in [6, 6.07) is 10.3. The van der Waals surface area contributed by atoms with Crippen molar-refractivity contribution in [3.63, 3.8) is 0 Å². The number of aromatic nitrogens is 2. The quantitative estimate of drug-likeness (QED) is 0.510. The average molecular weight is 435 g/mol. The molecular formula is C25H30N4OS. The first-order valence-electron chi connectivity index (χ1n) is 11.4. The average Bonchev–Trinajstić information content (AvgIpc) is 3.31. The van der Waals surface area contributed by atoms with Gasteiger partial charge in [0.15, 0.2) is 16.6 Å². The Balaban J connectivity index is 1.39. The lowest BCUT2D eigenvalue weighted by atomic mass is 10.0. The standard InChI is InChI=1S/C25H30N4OS/c1-28(2)16-19-15-26-24-23(22(19)18-11-12-18)31-25(27-24)29-14-6-9-20(29)21(30)13-10-17-7-4-3-5-8-17/h3-5,7-8,15,18,20H,6,9-14,16H2,1-2H3/t20-/m1/s1. The number of carbonyl (C=O) groups excluding carboxylic acids is 1. The molecule has 6 heteroatoms. The van der Waals surface area contributed by atoms with Crippen molar-refractivity contribution in [3.05, 3.63) is 53.2 Å². The topological polar surface area (TPSA) is 49.3 Å². The van der Waals surface area contributed by atoms with Crippen molar-refractivity contribution in [2.24, 2.45) is 0 Å². The van der Waals surface area contributed by atoms with Gasteiger partial charge in [-0.2, -0.15) is 4.98 Å². The number of anilines is 1. The molecule has 0 amide bonds. The van der Waals surface area contributed by atoms with E-state index in [-0.39, 0.29) is 6.04 Å². The van der Waals surface area contributed by atoms with Crippen molar-refractivity contribution in [2.75, 3.05) is 25.5 Å². The number of pyridine rings is 1. The molecule has 31 heavy (non-hydrogen) atoms. The molecule has 1 atom stereocenters. The van der Waals surface area contributed by atoms with Gasteiger partial charge < -0.3 is 9.80 Å². The van der Waals surface area contributed by atoms with Gasteiger partial charge in [0.05, 0.1) is 10.7 Å². The van der Waals surface area contributed by atoms with Crippen LogP contribution in [0.4, 0.5) is 5.13 Å². The van der Waals surface area contributed by atoms with Gasteiger partial charge in [-0.1, -0.05) is 41.7 Å². The summed E-state index contributed by atoms with van der Waals surface area (Å²) in [5, 5.41) is 0.974. The summed E-state index contributed by atoms with van der Waals surface area (Å²) in [5.74, 6) is 0.986. The van der Waals surface area contributed by atoms with Gasteiger partial charge in [0.25, 0.3) is 0 Å². The van der Waals surface area contributed by atoms with Gasteiger partial charge in [0, 0.05) is 25.7 Å². The van der Waals surface area contributed by atoms with Crippen molar-refractivity contribution in [1.82, 2.24) is 14.9 Å². The number of hydrogen-bond donors (Lipinski definition) is 0. The summed E-state index contributed by atoms with van der Waals surface area (Å²) in [6.07, 6.45) is 7.92. The fourth-order valence-electron chi connectivity index (χ4n) is 4.74. The summed E-state index contributed by atoms with van der Waals surface area (Å²) < 4.78 is 1.24. The number of benzene rings is 1. The Bertz CT molecular complexity index is 1070. The van der Waals surface area contributed by atoms with Crippen LogP contribution >= 0.6 is 11.3 Å². The van der Waals surface area contributed by atoms with Crippen molar-refractivity contribution in [3.8, 4) is 0 Å². The van der Waals surface area contributed by atoms with Crippen LogP contribution in [0.2, 0.25) is 0 Å². The summed E-state index contributed by atoms with van der Waals surface area (Å²) in [6.45, 7) is 1.82. The molecule has 162 valence electrons. The summed E-state index contributed by atoms with van der Waals surface area (Å²) in [4.78, 5) is 27.2. The van der Waals surface area contributed by atoms with Gasteiger partial charge >= 0.3 is 0 Å². The van der Waals surface area contributed by atoms with E-state index < -0.39 is 0 Å². The third-order valence-corrected chi connectivity index (χ3v) is 7.49. The minimum absolute atomic E-state index is 0.0464. The first-order valence-corrected chi connectivity index (χ1v) is 12.2. The highest BCUT2D eigenvalue weighted by Crippen LogP contribution is 2.47. The number of Topliss-reactive ketones (excluding diaryl/α,β-unsaturated/α-hetero) is 1. The van der Waals surface area contributed by atoms with Crippen LogP contribution in [0, 0.1) is 0 Å². The van der Waals surface area contributed by atoms with Crippen LogP contribution in [0.25, 0.3) is 10.3 Å². The highest BCUT2D eigenvalue weighted by molar-refractivity contribution is 7.22. The molecule has 0 bridgehead atoms. The van der Waals surface area contributed by atoms with Crippen LogP contribution in [-0.2, 0) is 17.8 Å². The van der Waals surface area contributed by atoms with Crippen LogP contribution in [0.15, 0.2) is 36.5 Å². The Morgan fingerprint density at radius 3 is 2.74 bits per heavy atom. The molecule has 5 nitrogen and oxygen atoms in total. The van der Waals surface area contributed by atoms with E-state index in [1.807, 2.05) is 24.4 Å². The lowest BCUT2D eigenvalue weighted by Crippen LogP contribution is -2.36. The van der Waals surface area contributed by atoms with Crippen molar-refractivity contribution in [2.45, 2.75) is 57.0 Å². The highest BCUT2D eigenvalue weighted by Gasteiger charge is 2.34. The molecule has 1 saturated carbocycles. The molecule has 2 aromatic heterocycles. The zero-order valence-corrected chi connectivity index (χ0v) is 19.2. The Hall–Kier alpha value is -2.31. The van der Waals surface area contributed by atoms with Gasteiger partial charge in [0.1, 0.15) is 0 Å². The molecule has 1 aromatic carbocycles. The normalized spacial score (nSPS) is 18.9. The van der Waals surface area contributed by atoms with Crippen LogP contribution in [0.3, 0.4) is 0 Å². The van der Waals surface area contributed by atoms with Crippen LogP contribution in [-0.4, -0.2) is 47.3 Å². The molecule has 5 rings (SSSR count). The van der Waals surface area contributed by atoms with E-state index in [1.54, 1.807) is 11.3 Å². The molecule has 3 heterocycles. The van der Waals surface area contributed by atoms with Gasteiger partial charge in [-0.15, -0.1) is 0 Å². The van der Waals surface area contributed by atoms with Gasteiger partial charge in [-0.25, -0.2) is 4.98 Å². The van der Waals surface area contributed by atoms with E-state index in [9.17, 15) is 4.79 Å². The maximum absolute atomic E-state index is 13.1. The fourth-order valence-corrected chi connectivity index (χ4v) is 5.98. The number of hydrogen-bond acceptors (Lipinski definition) is 6. The maximum Gasteiger partial charge on any atom is 0.188 e. The lowest BCUT2D eigenvalue weighted by molar-refractivity contribution is -0.120. The molecule has 0 radical (unpaired) electrons. The minimum Gasteiger partial charge on any atom is -0.338 e. The number of rotatable bonds is 8. The molecule has 0 N–H and O–H groups in total. The predicted octanol–water partition coefficient (Wildman–Crippen LogP) is 4.80. The molecule has 1 saturated heterocycles. The largest absolute Gasteiger partial charge is 0.338 e. The second-order valence-electron chi connectivity index (χ2n) is 9.16. The Labute approximate surface area is 188 Å². The molecule has 0 unspecified atom stereocenters. The summed E-state index contributed by atoms with van der Waals surface area (Å²) in [5.41, 5.74) is 4.86.